The number of aromatic nitrogens is 2. The van der Waals surface area contributed by atoms with Crippen molar-refractivity contribution in [3.05, 3.63) is 18.2 Å². The van der Waals surface area contributed by atoms with Gasteiger partial charge in [0.1, 0.15) is 0 Å². The summed E-state index contributed by atoms with van der Waals surface area (Å²) < 4.78 is 18.8. The summed E-state index contributed by atoms with van der Waals surface area (Å²) in [6, 6.07) is 0.0373. The first-order chi connectivity index (χ1) is 10.5. The minimum Gasteiger partial charge on any atom is -0.372 e. The maximum atomic E-state index is 13.0. The zero-order valence-electron chi connectivity index (χ0n) is 12.9. The summed E-state index contributed by atoms with van der Waals surface area (Å²) in [5.74, 6) is 0.548. The molecular formula is C15H21FN4O2. The Labute approximate surface area is 129 Å². The standard InChI is InChI=1S/C15H21FN4O2/c1-10(2)5-14(21)19-8-12-13(9-19)22-4-3-20(12)15-17-6-11(16)7-18-15/h6-7,10,12-13H,3-5,8-9H2,1-2H3/t12-,13+/m0/s1. The molecule has 2 atom stereocenters. The molecule has 0 saturated carbocycles. The van der Waals surface area contributed by atoms with Crippen LogP contribution >= 0.6 is 0 Å². The van der Waals surface area contributed by atoms with E-state index in [2.05, 4.69) is 9.97 Å². The Bertz CT molecular complexity index is 537. The van der Waals surface area contributed by atoms with Crippen LogP contribution in [0, 0.1) is 11.7 Å². The molecule has 0 bridgehead atoms. The normalized spacial score (nSPS) is 24.7. The molecule has 0 aromatic carbocycles. The van der Waals surface area contributed by atoms with Crippen molar-refractivity contribution >= 4 is 11.9 Å². The molecule has 2 fully saturated rings. The van der Waals surface area contributed by atoms with Crippen LogP contribution < -0.4 is 4.90 Å². The van der Waals surface area contributed by atoms with E-state index in [1.54, 1.807) is 0 Å². The number of amides is 1. The number of hydrogen-bond donors (Lipinski definition) is 0. The van der Waals surface area contributed by atoms with E-state index in [0.717, 1.165) is 0 Å². The molecule has 6 nitrogen and oxygen atoms in total. The van der Waals surface area contributed by atoms with Gasteiger partial charge in [0.15, 0.2) is 5.82 Å². The van der Waals surface area contributed by atoms with Gasteiger partial charge in [-0.3, -0.25) is 4.79 Å². The van der Waals surface area contributed by atoms with Crippen molar-refractivity contribution in [1.29, 1.82) is 0 Å². The van der Waals surface area contributed by atoms with Crippen molar-refractivity contribution in [2.24, 2.45) is 5.92 Å². The molecule has 2 aliphatic heterocycles. The quantitative estimate of drug-likeness (QED) is 0.836. The zero-order valence-corrected chi connectivity index (χ0v) is 12.9. The Morgan fingerprint density at radius 2 is 2.14 bits per heavy atom. The van der Waals surface area contributed by atoms with E-state index in [1.807, 2.05) is 23.6 Å². The molecule has 3 rings (SSSR count). The van der Waals surface area contributed by atoms with Crippen molar-refractivity contribution in [3.63, 3.8) is 0 Å². The Hall–Kier alpha value is -1.76. The van der Waals surface area contributed by atoms with Gasteiger partial charge in [0, 0.05) is 26.1 Å². The smallest absolute Gasteiger partial charge is 0.225 e. The fourth-order valence-corrected chi connectivity index (χ4v) is 3.07. The second-order valence-corrected chi connectivity index (χ2v) is 6.27. The highest BCUT2D eigenvalue weighted by Crippen LogP contribution is 2.26. The number of rotatable bonds is 3. The summed E-state index contributed by atoms with van der Waals surface area (Å²) in [5, 5.41) is 0. The molecule has 3 heterocycles. The van der Waals surface area contributed by atoms with E-state index in [9.17, 15) is 9.18 Å². The van der Waals surface area contributed by atoms with Crippen LogP contribution in [0.1, 0.15) is 20.3 Å². The van der Waals surface area contributed by atoms with Crippen molar-refractivity contribution in [2.75, 3.05) is 31.1 Å². The number of morpholine rings is 1. The molecule has 1 aromatic rings. The van der Waals surface area contributed by atoms with Gasteiger partial charge in [0.05, 0.1) is 31.1 Å². The number of ether oxygens (including phenoxy) is 1. The van der Waals surface area contributed by atoms with Crippen LogP contribution in [-0.4, -0.2) is 59.2 Å². The lowest BCUT2D eigenvalue weighted by Crippen LogP contribution is -2.51. The number of nitrogens with zero attached hydrogens (tertiary/aromatic N) is 4. The molecule has 0 aliphatic carbocycles. The highest BCUT2D eigenvalue weighted by Gasteiger charge is 2.42. The lowest BCUT2D eigenvalue weighted by atomic mass is 10.1. The van der Waals surface area contributed by atoms with Crippen LogP contribution in [0.2, 0.25) is 0 Å². The molecule has 1 aromatic heterocycles. The van der Waals surface area contributed by atoms with E-state index >= 15 is 0 Å². The lowest BCUT2D eigenvalue weighted by Gasteiger charge is -2.36. The van der Waals surface area contributed by atoms with Gasteiger partial charge in [-0.25, -0.2) is 14.4 Å². The summed E-state index contributed by atoms with van der Waals surface area (Å²) in [4.78, 5) is 24.3. The van der Waals surface area contributed by atoms with E-state index in [1.165, 1.54) is 12.4 Å². The van der Waals surface area contributed by atoms with Crippen LogP contribution in [0.4, 0.5) is 10.3 Å². The minimum atomic E-state index is -0.450. The first kappa shape index (κ1) is 15.1. The largest absolute Gasteiger partial charge is 0.372 e. The summed E-state index contributed by atoms with van der Waals surface area (Å²) in [6.07, 6.45) is 2.86. The zero-order chi connectivity index (χ0) is 15.7. The third-order valence-corrected chi connectivity index (χ3v) is 4.10. The first-order valence-electron chi connectivity index (χ1n) is 7.68. The Balaban J connectivity index is 1.73. The minimum absolute atomic E-state index is 0.0292. The van der Waals surface area contributed by atoms with E-state index < -0.39 is 5.82 Å². The van der Waals surface area contributed by atoms with E-state index in [0.29, 0.717) is 44.5 Å². The molecule has 0 spiro atoms. The number of fused-ring (bicyclic) bond motifs is 1. The summed E-state index contributed by atoms with van der Waals surface area (Å²) in [7, 11) is 0. The topological polar surface area (TPSA) is 58.6 Å². The molecular weight excluding hydrogens is 287 g/mol. The molecule has 0 radical (unpaired) electrons. The Morgan fingerprint density at radius 3 is 2.82 bits per heavy atom. The van der Waals surface area contributed by atoms with Crippen LogP contribution in [0.5, 0.6) is 0 Å². The summed E-state index contributed by atoms with van der Waals surface area (Å²) in [5.41, 5.74) is 0. The molecule has 22 heavy (non-hydrogen) atoms. The van der Waals surface area contributed by atoms with Gasteiger partial charge in [-0.2, -0.15) is 0 Å². The molecule has 0 unspecified atom stereocenters. The number of carbonyl (C=O) groups excluding carboxylic acids is 1. The number of halogens is 1. The average Bonchev–Trinajstić information content (AvgIpc) is 2.91. The molecule has 7 heteroatoms. The fraction of sp³-hybridized carbons (Fsp3) is 0.667. The van der Waals surface area contributed by atoms with Gasteiger partial charge < -0.3 is 14.5 Å². The summed E-state index contributed by atoms with van der Waals surface area (Å²) in [6.45, 7) is 6.50. The van der Waals surface area contributed by atoms with Crippen molar-refractivity contribution in [3.8, 4) is 0 Å². The molecule has 120 valence electrons. The van der Waals surface area contributed by atoms with E-state index in [4.69, 9.17) is 4.74 Å². The molecule has 0 N–H and O–H groups in total. The van der Waals surface area contributed by atoms with E-state index in [-0.39, 0.29) is 18.1 Å². The maximum Gasteiger partial charge on any atom is 0.225 e. The highest BCUT2D eigenvalue weighted by atomic mass is 19.1. The number of hydrogen-bond acceptors (Lipinski definition) is 5. The predicted molar refractivity (Wildman–Crippen MR) is 78.9 cm³/mol. The van der Waals surface area contributed by atoms with Crippen molar-refractivity contribution in [1.82, 2.24) is 14.9 Å². The SMILES string of the molecule is CC(C)CC(=O)N1C[C@H]2OCCN(c3ncc(F)cn3)[C@H]2C1. The van der Waals surface area contributed by atoms with Gasteiger partial charge in [-0.05, 0) is 5.92 Å². The first-order valence-corrected chi connectivity index (χ1v) is 7.68. The highest BCUT2D eigenvalue weighted by molar-refractivity contribution is 5.77. The van der Waals surface area contributed by atoms with Gasteiger partial charge in [-0.1, -0.05) is 13.8 Å². The Kier molecular flexibility index (Phi) is 4.24. The number of likely N-dealkylation sites (tertiary alicyclic amines) is 1. The second kappa shape index (κ2) is 6.16. The van der Waals surface area contributed by atoms with Gasteiger partial charge in [-0.15, -0.1) is 0 Å². The van der Waals surface area contributed by atoms with Crippen LogP contribution in [0.25, 0.3) is 0 Å². The average molecular weight is 308 g/mol. The van der Waals surface area contributed by atoms with Gasteiger partial charge in [0.25, 0.3) is 0 Å². The molecule has 2 saturated heterocycles. The fourth-order valence-electron chi connectivity index (χ4n) is 3.07. The Morgan fingerprint density at radius 1 is 1.41 bits per heavy atom. The van der Waals surface area contributed by atoms with Gasteiger partial charge >= 0.3 is 0 Å². The third kappa shape index (κ3) is 3.04. The van der Waals surface area contributed by atoms with Crippen LogP contribution in [0.3, 0.4) is 0 Å². The number of carbonyl (C=O) groups is 1. The van der Waals surface area contributed by atoms with Crippen molar-refractivity contribution < 1.29 is 13.9 Å². The monoisotopic (exact) mass is 308 g/mol. The lowest BCUT2D eigenvalue weighted by molar-refractivity contribution is -0.131. The second-order valence-electron chi connectivity index (χ2n) is 6.27. The molecule has 2 aliphatic rings. The van der Waals surface area contributed by atoms with Crippen LogP contribution in [-0.2, 0) is 9.53 Å². The number of anilines is 1. The predicted octanol–water partition coefficient (Wildman–Crippen LogP) is 1.08. The summed E-state index contributed by atoms with van der Waals surface area (Å²) >= 11 is 0. The molecule has 1 amide bonds. The third-order valence-electron chi connectivity index (χ3n) is 4.10. The maximum absolute atomic E-state index is 13.0. The van der Waals surface area contributed by atoms with Gasteiger partial charge in [0.2, 0.25) is 11.9 Å². The van der Waals surface area contributed by atoms with Crippen LogP contribution in [0.15, 0.2) is 12.4 Å². The van der Waals surface area contributed by atoms with Crippen molar-refractivity contribution in [2.45, 2.75) is 32.4 Å².